The molecule has 0 spiro atoms. The van der Waals surface area contributed by atoms with Gasteiger partial charge in [-0.25, -0.2) is 4.39 Å². The molecule has 2 aromatic rings. The molecule has 0 saturated heterocycles. The number of hydrogen-bond acceptors (Lipinski definition) is 2. The highest BCUT2D eigenvalue weighted by molar-refractivity contribution is 9.10. The molecule has 0 bridgehead atoms. The van der Waals surface area contributed by atoms with E-state index in [4.69, 9.17) is 16.3 Å². The minimum atomic E-state index is -1.03. The van der Waals surface area contributed by atoms with Crippen LogP contribution in [0.3, 0.4) is 0 Å². The van der Waals surface area contributed by atoms with Gasteiger partial charge in [0.05, 0.1) is 0 Å². The Balaban J connectivity index is 2.35. The Morgan fingerprint density at radius 2 is 1.95 bits per heavy atom. The molecule has 21 heavy (non-hydrogen) atoms. The van der Waals surface area contributed by atoms with E-state index >= 15 is 0 Å². The van der Waals surface area contributed by atoms with Crippen LogP contribution in [0.15, 0.2) is 34.8 Å². The predicted molar refractivity (Wildman–Crippen MR) is 83.0 cm³/mol. The highest BCUT2D eigenvalue weighted by atomic mass is 79.9. The SMILES string of the molecule is CCNCc1cc(Cl)ccc1Oc1cc(Br)cc(F)c1F. The smallest absolute Gasteiger partial charge is 0.201 e. The van der Waals surface area contributed by atoms with Gasteiger partial charge in [0.15, 0.2) is 11.6 Å². The second-order valence-electron chi connectivity index (χ2n) is 4.33. The summed E-state index contributed by atoms with van der Waals surface area (Å²) in [5, 5.41) is 3.69. The van der Waals surface area contributed by atoms with E-state index < -0.39 is 11.6 Å². The van der Waals surface area contributed by atoms with Gasteiger partial charge in [-0.05, 0) is 36.9 Å². The van der Waals surface area contributed by atoms with Crippen molar-refractivity contribution in [1.29, 1.82) is 0 Å². The molecule has 0 amide bonds. The normalized spacial score (nSPS) is 10.7. The van der Waals surface area contributed by atoms with Crippen molar-refractivity contribution in [3.63, 3.8) is 0 Å². The van der Waals surface area contributed by atoms with Gasteiger partial charge in [-0.15, -0.1) is 0 Å². The second-order valence-corrected chi connectivity index (χ2v) is 5.69. The molecule has 2 aromatic carbocycles. The van der Waals surface area contributed by atoms with Crippen LogP contribution in [0.25, 0.3) is 0 Å². The summed E-state index contributed by atoms with van der Waals surface area (Å²) in [7, 11) is 0. The molecule has 2 rings (SSSR count). The van der Waals surface area contributed by atoms with Crippen LogP contribution in [0.2, 0.25) is 5.02 Å². The Morgan fingerprint density at radius 1 is 1.19 bits per heavy atom. The Kier molecular flexibility index (Phi) is 5.56. The van der Waals surface area contributed by atoms with Gasteiger partial charge in [0.25, 0.3) is 0 Å². The summed E-state index contributed by atoms with van der Waals surface area (Å²) in [4.78, 5) is 0. The zero-order chi connectivity index (χ0) is 15.4. The predicted octanol–water partition coefficient (Wildman–Crippen LogP) is 5.28. The lowest BCUT2D eigenvalue weighted by Gasteiger charge is -2.13. The topological polar surface area (TPSA) is 21.3 Å². The maximum Gasteiger partial charge on any atom is 0.201 e. The van der Waals surface area contributed by atoms with E-state index in [0.29, 0.717) is 21.8 Å². The maximum absolute atomic E-state index is 13.8. The number of halogens is 4. The lowest BCUT2D eigenvalue weighted by molar-refractivity contribution is 0.411. The molecule has 0 aliphatic rings. The van der Waals surface area contributed by atoms with Crippen LogP contribution in [-0.4, -0.2) is 6.54 Å². The van der Waals surface area contributed by atoms with Crippen molar-refractivity contribution in [3.8, 4) is 11.5 Å². The van der Waals surface area contributed by atoms with Crippen molar-refractivity contribution in [2.24, 2.45) is 0 Å². The van der Waals surface area contributed by atoms with Crippen molar-refractivity contribution in [1.82, 2.24) is 5.32 Å². The fourth-order valence-electron chi connectivity index (χ4n) is 1.77. The third kappa shape index (κ3) is 4.15. The average Bonchev–Trinajstić information content (AvgIpc) is 2.44. The summed E-state index contributed by atoms with van der Waals surface area (Å²) in [6.45, 7) is 3.25. The Bertz CT molecular complexity index is 652. The van der Waals surface area contributed by atoms with E-state index in [9.17, 15) is 8.78 Å². The van der Waals surface area contributed by atoms with E-state index in [1.807, 2.05) is 6.92 Å². The second kappa shape index (κ2) is 7.20. The van der Waals surface area contributed by atoms with Crippen LogP contribution in [0, 0.1) is 11.6 Å². The summed E-state index contributed by atoms with van der Waals surface area (Å²) in [5.74, 6) is -1.75. The van der Waals surface area contributed by atoms with Gasteiger partial charge in [0.1, 0.15) is 5.75 Å². The van der Waals surface area contributed by atoms with Crippen molar-refractivity contribution < 1.29 is 13.5 Å². The van der Waals surface area contributed by atoms with Crippen LogP contribution in [-0.2, 0) is 6.54 Å². The largest absolute Gasteiger partial charge is 0.454 e. The molecule has 1 N–H and O–H groups in total. The molecule has 0 heterocycles. The fraction of sp³-hybridized carbons (Fsp3) is 0.200. The van der Waals surface area contributed by atoms with Crippen molar-refractivity contribution in [3.05, 3.63) is 57.0 Å². The highest BCUT2D eigenvalue weighted by Gasteiger charge is 2.14. The van der Waals surface area contributed by atoms with E-state index in [1.165, 1.54) is 6.07 Å². The summed E-state index contributed by atoms with van der Waals surface area (Å²) in [6, 6.07) is 7.42. The van der Waals surface area contributed by atoms with Gasteiger partial charge in [0, 0.05) is 21.6 Å². The van der Waals surface area contributed by atoms with Crippen LogP contribution in [0.4, 0.5) is 8.78 Å². The molecule has 0 fully saturated rings. The monoisotopic (exact) mass is 375 g/mol. The zero-order valence-corrected chi connectivity index (χ0v) is 13.6. The van der Waals surface area contributed by atoms with Gasteiger partial charge < -0.3 is 10.1 Å². The fourth-order valence-corrected chi connectivity index (χ4v) is 2.37. The molecule has 0 saturated carbocycles. The van der Waals surface area contributed by atoms with Crippen LogP contribution >= 0.6 is 27.5 Å². The molecule has 6 heteroatoms. The number of ether oxygens (including phenoxy) is 1. The average molecular weight is 377 g/mol. The van der Waals surface area contributed by atoms with Crippen LogP contribution < -0.4 is 10.1 Å². The maximum atomic E-state index is 13.8. The number of hydrogen-bond donors (Lipinski definition) is 1. The zero-order valence-electron chi connectivity index (χ0n) is 11.2. The molecular formula is C15H13BrClF2NO. The summed E-state index contributed by atoms with van der Waals surface area (Å²) >= 11 is 9.07. The molecule has 0 aliphatic carbocycles. The minimum Gasteiger partial charge on any atom is -0.454 e. The number of nitrogens with one attached hydrogen (secondary N) is 1. The highest BCUT2D eigenvalue weighted by Crippen LogP contribution is 2.32. The summed E-state index contributed by atoms with van der Waals surface area (Å²) in [5.41, 5.74) is 0.768. The molecule has 0 radical (unpaired) electrons. The van der Waals surface area contributed by atoms with E-state index in [1.54, 1.807) is 18.2 Å². The third-order valence-corrected chi connectivity index (χ3v) is 3.46. The first-order valence-corrected chi connectivity index (χ1v) is 7.50. The van der Waals surface area contributed by atoms with Crippen molar-refractivity contribution >= 4 is 27.5 Å². The van der Waals surface area contributed by atoms with Crippen LogP contribution in [0.5, 0.6) is 11.5 Å². The first-order chi connectivity index (χ1) is 10.0. The van der Waals surface area contributed by atoms with Gasteiger partial charge >= 0.3 is 0 Å². The van der Waals surface area contributed by atoms with E-state index in [2.05, 4.69) is 21.2 Å². The Hall–Kier alpha value is -1.17. The lowest BCUT2D eigenvalue weighted by Crippen LogP contribution is -2.12. The van der Waals surface area contributed by atoms with Crippen molar-refractivity contribution in [2.45, 2.75) is 13.5 Å². The van der Waals surface area contributed by atoms with Gasteiger partial charge in [-0.1, -0.05) is 34.5 Å². The van der Waals surface area contributed by atoms with E-state index in [0.717, 1.165) is 18.2 Å². The lowest BCUT2D eigenvalue weighted by atomic mass is 10.2. The third-order valence-electron chi connectivity index (χ3n) is 2.77. The molecule has 0 aliphatic heterocycles. The Morgan fingerprint density at radius 3 is 2.67 bits per heavy atom. The van der Waals surface area contributed by atoms with Gasteiger partial charge in [0.2, 0.25) is 5.82 Å². The molecular weight excluding hydrogens is 364 g/mol. The summed E-state index contributed by atoms with van der Waals surface area (Å²) in [6.07, 6.45) is 0. The first kappa shape index (κ1) is 16.2. The molecule has 112 valence electrons. The minimum absolute atomic E-state index is 0.179. The summed E-state index contributed by atoms with van der Waals surface area (Å²) < 4.78 is 33.1. The molecule has 0 aromatic heterocycles. The van der Waals surface area contributed by atoms with Gasteiger partial charge in [-0.2, -0.15) is 4.39 Å². The molecule has 0 atom stereocenters. The number of rotatable bonds is 5. The number of benzene rings is 2. The quantitative estimate of drug-likeness (QED) is 0.717. The molecule has 0 unspecified atom stereocenters. The molecule has 2 nitrogen and oxygen atoms in total. The standard InChI is InChI=1S/C15H13BrClF2NO/c1-2-20-8-9-5-11(17)3-4-13(9)21-14-7-10(16)6-12(18)15(14)19/h3-7,20H,2,8H2,1H3. The van der Waals surface area contributed by atoms with E-state index in [-0.39, 0.29) is 5.75 Å². The van der Waals surface area contributed by atoms with Crippen LogP contribution in [0.1, 0.15) is 12.5 Å². The van der Waals surface area contributed by atoms with Crippen molar-refractivity contribution in [2.75, 3.05) is 6.54 Å². The Labute approximate surface area is 135 Å². The van der Waals surface area contributed by atoms with Gasteiger partial charge in [-0.3, -0.25) is 0 Å². The first-order valence-electron chi connectivity index (χ1n) is 6.32.